The zero-order valence-corrected chi connectivity index (χ0v) is 15.9. The summed E-state index contributed by atoms with van der Waals surface area (Å²) in [5.74, 6) is 1.49. The first-order valence-corrected chi connectivity index (χ1v) is 9.38. The molecule has 1 unspecified atom stereocenters. The molecule has 5 heterocycles. The van der Waals surface area contributed by atoms with Gasteiger partial charge < -0.3 is 24.5 Å². The molecule has 2 atom stereocenters. The van der Waals surface area contributed by atoms with Gasteiger partial charge >= 0.3 is 6.03 Å². The fraction of sp³-hybridized carbons (Fsp3) is 0.286. The van der Waals surface area contributed by atoms with Crippen LogP contribution in [0.4, 0.5) is 4.79 Å². The first-order valence-electron chi connectivity index (χ1n) is 9.38. The summed E-state index contributed by atoms with van der Waals surface area (Å²) in [6.45, 7) is 2.30. The smallest absolute Gasteiger partial charge is 0.342 e. The van der Waals surface area contributed by atoms with Gasteiger partial charge in [0, 0.05) is 29.0 Å². The minimum atomic E-state index is -0.885. The van der Waals surface area contributed by atoms with E-state index in [-0.39, 0.29) is 5.88 Å². The Morgan fingerprint density at radius 2 is 2.17 bits per heavy atom. The normalized spacial score (nSPS) is 26.6. The van der Waals surface area contributed by atoms with Crippen molar-refractivity contribution in [3.63, 3.8) is 0 Å². The van der Waals surface area contributed by atoms with Gasteiger partial charge in [-0.15, -0.1) is 0 Å². The van der Waals surface area contributed by atoms with Crippen LogP contribution in [0.3, 0.4) is 0 Å². The van der Waals surface area contributed by atoms with Gasteiger partial charge in [-0.1, -0.05) is 0 Å². The van der Waals surface area contributed by atoms with Crippen LogP contribution in [-0.4, -0.2) is 44.7 Å². The summed E-state index contributed by atoms with van der Waals surface area (Å²) in [6, 6.07) is 7.05. The molecule has 6 rings (SSSR count). The van der Waals surface area contributed by atoms with E-state index in [4.69, 9.17) is 9.47 Å². The zero-order chi connectivity index (χ0) is 20.0. The molecule has 1 aromatic carbocycles. The number of aromatic nitrogens is 2. The van der Waals surface area contributed by atoms with E-state index in [2.05, 4.69) is 15.3 Å². The molecule has 0 radical (unpaired) electrons. The predicted octanol–water partition coefficient (Wildman–Crippen LogP) is 2.41. The average Bonchev–Trinajstić information content (AvgIpc) is 3.39. The van der Waals surface area contributed by atoms with Crippen molar-refractivity contribution >= 4 is 22.5 Å². The molecule has 2 amide bonds. The molecule has 0 aliphatic carbocycles. The minimum absolute atomic E-state index is 0.125. The number of benzene rings is 1. The van der Waals surface area contributed by atoms with Crippen LogP contribution in [0, 0.1) is 0 Å². The monoisotopic (exact) mass is 390 g/mol. The van der Waals surface area contributed by atoms with Gasteiger partial charge in [-0.2, -0.15) is 4.99 Å². The molecule has 0 fully saturated rings. The third kappa shape index (κ3) is 1.86. The molecular formula is C21H18N4O4. The summed E-state index contributed by atoms with van der Waals surface area (Å²) in [5.41, 5.74) is 0.712. The molecule has 0 spiro atoms. The first-order chi connectivity index (χ1) is 14.0. The van der Waals surface area contributed by atoms with E-state index in [0.717, 1.165) is 16.6 Å². The highest BCUT2D eigenvalue weighted by molar-refractivity contribution is 6.24. The summed E-state index contributed by atoms with van der Waals surface area (Å²) >= 11 is 0. The maximum Gasteiger partial charge on any atom is 0.342 e. The van der Waals surface area contributed by atoms with Crippen molar-refractivity contribution < 1.29 is 19.4 Å². The third-order valence-electron chi connectivity index (χ3n) is 6.44. The van der Waals surface area contributed by atoms with Crippen LogP contribution in [0.2, 0.25) is 0 Å². The van der Waals surface area contributed by atoms with E-state index >= 15 is 0 Å². The van der Waals surface area contributed by atoms with Crippen LogP contribution < -0.4 is 14.8 Å². The second-order valence-electron chi connectivity index (χ2n) is 7.96. The number of amides is 2. The van der Waals surface area contributed by atoms with Gasteiger partial charge in [-0.05, 0) is 31.2 Å². The number of ether oxygens (including phenoxy) is 2. The maximum atomic E-state index is 12.4. The number of urea groups is 1. The van der Waals surface area contributed by atoms with Crippen molar-refractivity contribution in [3.8, 4) is 17.4 Å². The Labute approximate surface area is 165 Å². The Balaban J connectivity index is 1.55. The fourth-order valence-corrected chi connectivity index (χ4v) is 5.00. The summed E-state index contributed by atoms with van der Waals surface area (Å²) in [7, 11) is 1.58. The molecule has 146 valence electrons. The van der Waals surface area contributed by atoms with Crippen molar-refractivity contribution in [2.75, 3.05) is 7.11 Å². The molecule has 0 saturated carbocycles. The number of fused-ring (bicyclic) bond motifs is 6. The summed E-state index contributed by atoms with van der Waals surface area (Å²) in [6.07, 6.45) is 4.03. The van der Waals surface area contributed by atoms with Gasteiger partial charge in [0.2, 0.25) is 0 Å². The Morgan fingerprint density at radius 1 is 1.31 bits per heavy atom. The number of pyridine rings is 1. The predicted molar refractivity (Wildman–Crippen MR) is 105 cm³/mol. The van der Waals surface area contributed by atoms with E-state index in [9.17, 15) is 9.90 Å². The quantitative estimate of drug-likeness (QED) is 0.700. The molecule has 3 aliphatic rings. The number of nitrogens with one attached hydrogen (secondary N) is 1. The van der Waals surface area contributed by atoms with Gasteiger partial charge in [0.05, 0.1) is 25.5 Å². The third-order valence-corrected chi connectivity index (χ3v) is 6.44. The summed E-state index contributed by atoms with van der Waals surface area (Å²) in [4.78, 5) is 20.9. The number of aromatic hydroxyl groups is 1. The Bertz CT molecular complexity index is 1240. The number of hydrogen-bond acceptors (Lipinski definition) is 5. The molecular weight excluding hydrogens is 372 g/mol. The Hall–Kier alpha value is -3.55. The van der Waals surface area contributed by atoms with Crippen molar-refractivity contribution in [1.82, 2.24) is 14.9 Å². The van der Waals surface area contributed by atoms with Crippen LogP contribution in [0.1, 0.15) is 18.2 Å². The Morgan fingerprint density at radius 3 is 2.97 bits per heavy atom. The number of aliphatic imine (C=N–C) groups is 1. The Kier molecular flexibility index (Phi) is 2.87. The average molecular weight is 390 g/mol. The number of hydrogen-bond donors (Lipinski definition) is 2. The van der Waals surface area contributed by atoms with Gasteiger partial charge in [0.25, 0.3) is 0 Å². The highest BCUT2D eigenvalue weighted by Gasteiger charge is 2.64. The number of carbonyl (C=O) groups excluding carboxylic acids is 1. The molecule has 29 heavy (non-hydrogen) atoms. The molecule has 8 nitrogen and oxygen atoms in total. The van der Waals surface area contributed by atoms with Crippen LogP contribution in [0.25, 0.3) is 10.8 Å². The van der Waals surface area contributed by atoms with Crippen LogP contribution >= 0.6 is 0 Å². The van der Waals surface area contributed by atoms with Crippen molar-refractivity contribution in [1.29, 1.82) is 0 Å². The lowest BCUT2D eigenvalue weighted by Crippen LogP contribution is -2.66. The second-order valence-corrected chi connectivity index (χ2v) is 7.96. The van der Waals surface area contributed by atoms with Gasteiger partial charge in [0.1, 0.15) is 28.4 Å². The van der Waals surface area contributed by atoms with Crippen molar-refractivity contribution in [2.24, 2.45) is 4.99 Å². The molecule has 0 bridgehead atoms. The van der Waals surface area contributed by atoms with Crippen LogP contribution in [0.5, 0.6) is 17.4 Å². The van der Waals surface area contributed by atoms with Gasteiger partial charge in [-0.3, -0.25) is 4.98 Å². The highest BCUT2D eigenvalue weighted by atomic mass is 16.5. The topological polar surface area (TPSA) is 98.0 Å². The molecule has 3 aliphatic heterocycles. The van der Waals surface area contributed by atoms with E-state index in [0.29, 0.717) is 35.6 Å². The lowest BCUT2D eigenvalue weighted by atomic mass is 9.75. The van der Waals surface area contributed by atoms with Crippen LogP contribution in [-0.2, 0) is 13.0 Å². The lowest BCUT2D eigenvalue weighted by Gasteiger charge is -2.40. The van der Waals surface area contributed by atoms with E-state index < -0.39 is 17.2 Å². The highest BCUT2D eigenvalue weighted by Crippen LogP contribution is 2.50. The maximum absolute atomic E-state index is 12.4. The largest absolute Gasteiger partial charge is 0.497 e. The van der Waals surface area contributed by atoms with E-state index in [1.807, 2.05) is 25.1 Å². The molecule has 2 aromatic heterocycles. The van der Waals surface area contributed by atoms with E-state index in [1.165, 1.54) is 0 Å². The van der Waals surface area contributed by atoms with Gasteiger partial charge in [0.15, 0.2) is 5.88 Å². The summed E-state index contributed by atoms with van der Waals surface area (Å²) < 4.78 is 13.4. The number of carbonyl (C=O) groups is 1. The summed E-state index contributed by atoms with van der Waals surface area (Å²) in [5, 5.41) is 15.5. The minimum Gasteiger partial charge on any atom is -0.497 e. The first kappa shape index (κ1) is 16.4. The molecule has 2 N–H and O–H groups in total. The zero-order valence-electron chi connectivity index (χ0n) is 15.9. The number of methoxy groups -OCH3 is 1. The van der Waals surface area contributed by atoms with Crippen molar-refractivity contribution in [3.05, 3.63) is 47.9 Å². The number of nitrogens with zero attached hydrogens (tertiary/aromatic N) is 3. The molecule has 0 saturated heterocycles. The fourth-order valence-electron chi connectivity index (χ4n) is 5.00. The van der Waals surface area contributed by atoms with E-state index in [1.54, 1.807) is 30.1 Å². The van der Waals surface area contributed by atoms with Gasteiger partial charge in [-0.25, -0.2) is 4.79 Å². The van der Waals surface area contributed by atoms with Crippen LogP contribution in [0.15, 0.2) is 41.7 Å². The SMILES string of the molecule is COc1ccc2c3n(c(O)c2c1)C[C@@]1(C2(C)Cc4ccncc4O2)NC(=O)N=C31. The molecule has 8 heteroatoms. The number of rotatable bonds is 2. The lowest BCUT2D eigenvalue weighted by molar-refractivity contribution is 0.0438. The molecule has 3 aromatic rings. The standard InChI is InChI=1S/C21H18N4O4/c1-20(8-11-5-6-22-9-15(11)29-20)21-10-25-16(17(21)23-19(27)24-21)13-4-3-12(28-2)7-14(13)18(25)26/h3-7,9,26H,8,10H2,1-2H3,(H,24,27)/t20?,21-/m1/s1. The second kappa shape index (κ2) is 5.08. The van der Waals surface area contributed by atoms with Crippen molar-refractivity contribution in [2.45, 2.75) is 31.0 Å².